The van der Waals surface area contributed by atoms with Crippen LogP contribution in [0.25, 0.3) is 0 Å². The quantitative estimate of drug-likeness (QED) is 0.488. The van der Waals surface area contributed by atoms with Gasteiger partial charge in [-0.3, -0.25) is 0 Å². The number of nitrogens with two attached hydrogens (primary N) is 1. The van der Waals surface area contributed by atoms with Crippen molar-refractivity contribution in [2.45, 2.75) is 25.3 Å². The van der Waals surface area contributed by atoms with Gasteiger partial charge in [-0.05, 0) is 43.2 Å². The van der Waals surface area contributed by atoms with Crippen molar-refractivity contribution >= 4 is 15.8 Å². The van der Waals surface area contributed by atoms with Crippen molar-refractivity contribution in [3.05, 3.63) is 78.1 Å². The molecule has 0 bridgehead atoms. The molecule has 1 aromatic heterocycles. The zero-order valence-electron chi connectivity index (χ0n) is 15.8. The second-order valence-corrected chi connectivity index (χ2v) is 8.02. The minimum atomic E-state index is -3.92. The number of hydrogen-bond acceptors (Lipinski definition) is 5. The smallest absolute Gasteiger partial charge is 0.339 e. The van der Waals surface area contributed by atoms with Crippen LogP contribution in [0.5, 0.6) is 11.5 Å². The van der Waals surface area contributed by atoms with E-state index in [-0.39, 0.29) is 10.6 Å². The van der Waals surface area contributed by atoms with Crippen molar-refractivity contribution in [1.29, 1.82) is 0 Å². The van der Waals surface area contributed by atoms with E-state index in [9.17, 15) is 8.42 Å². The molecule has 28 heavy (non-hydrogen) atoms. The minimum absolute atomic E-state index is 0.152. The first-order chi connectivity index (χ1) is 13.3. The molecule has 0 radical (unpaired) electrons. The molecule has 146 valence electrons. The van der Waals surface area contributed by atoms with Gasteiger partial charge in [0.05, 0.1) is 0 Å². The van der Waals surface area contributed by atoms with Gasteiger partial charge in [0, 0.05) is 23.9 Å². The van der Waals surface area contributed by atoms with Gasteiger partial charge in [0.15, 0.2) is 18.9 Å². The summed E-state index contributed by atoms with van der Waals surface area (Å²) in [5, 5.41) is 0. The fourth-order valence-electron chi connectivity index (χ4n) is 2.74. The summed E-state index contributed by atoms with van der Waals surface area (Å²) in [6.45, 7) is 4.64. The van der Waals surface area contributed by atoms with E-state index in [0.29, 0.717) is 30.2 Å². The Hall–Kier alpha value is -3.06. The number of nitrogens with zero attached hydrogens (tertiary/aromatic N) is 1. The van der Waals surface area contributed by atoms with E-state index in [2.05, 4.69) is 0 Å². The summed E-state index contributed by atoms with van der Waals surface area (Å²) >= 11 is 0. The zero-order valence-corrected chi connectivity index (χ0v) is 16.6. The highest BCUT2D eigenvalue weighted by molar-refractivity contribution is 7.87. The Balaban J connectivity index is 1.70. The van der Waals surface area contributed by atoms with Gasteiger partial charge in [0.25, 0.3) is 0 Å². The van der Waals surface area contributed by atoms with Crippen molar-refractivity contribution in [1.82, 2.24) is 0 Å². The highest BCUT2D eigenvalue weighted by Crippen LogP contribution is 2.26. The molecule has 3 rings (SSSR count). The van der Waals surface area contributed by atoms with Crippen LogP contribution in [0.15, 0.2) is 71.9 Å². The molecule has 0 spiro atoms. The summed E-state index contributed by atoms with van der Waals surface area (Å²) in [4.78, 5) is 0.152. The summed E-state index contributed by atoms with van der Waals surface area (Å²) in [6, 6.07) is 15.4. The molecule has 0 aliphatic carbocycles. The Morgan fingerprint density at radius 3 is 2.36 bits per heavy atom. The predicted octanol–water partition coefficient (Wildman–Crippen LogP) is 3.02. The molecule has 0 unspecified atom stereocenters. The second kappa shape index (κ2) is 8.31. The van der Waals surface area contributed by atoms with Crippen LogP contribution in [0, 0.1) is 13.8 Å². The van der Waals surface area contributed by atoms with Crippen molar-refractivity contribution in [2.75, 3.05) is 12.3 Å². The number of nitrogen functional groups attached to an aromatic ring is 1. The SMILES string of the molecule is Cc1cc(OCC[n+]2ccc(N)cc2)cc(OS(=O)(=O)c2ccccc2C)c1. The normalized spacial score (nSPS) is 11.2. The standard InChI is InChI=1S/C21H22N2O4S/c1-16-13-19(26-12-11-23-9-7-18(22)8-10-23)15-20(14-16)27-28(24,25)21-6-4-3-5-17(21)2/h3-10,13-15,22H,11-12H2,1-2H3/p+1. The van der Waals surface area contributed by atoms with Crippen LogP contribution in [0.3, 0.4) is 0 Å². The Labute approximate surface area is 165 Å². The highest BCUT2D eigenvalue weighted by Gasteiger charge is 2.19. The summed E-state index contributed by atoms with van der Waals surface area (Å²) < 4.78 is 38.3. The number of pyridine rings is 1. The van der Waals surface area contributed by atoms with E-state index in [4.69, 9.17) is 14.7 Å². The van der Waals surface area contributed by atoms with E-state index >= 15 is 0 Å². The van der Waals surface area contributed by atoms with Crippen LogP contribution in [0.1, 0.15) is 11.1 Å². The molecule has 0 aliphatic rings. The van der Waals surface area contributed by atoms with Gasteiger partial charge in [-0.25, -0.2) is 4.57 Å². The molecule has 3 aromatic rings. The molecule has 0 saturated heterocycles. The average Bonchev–Trinajstić information content (AvgIpc) is 2.63. The number of aryl methyl sites for hydroxylation is 2. The van der Waals surface area contributed by atoms with Crippen molar-refractivity contribution in [2.24, 2.45) is 0 Å². The molecule has 7 heteroatoms. The number of rotatable bonds is 7. The third kappa shape index (κ3) is 5.01. The van der Waals surface area contributed by atoms with Gasteiger partial charge in [0.2, 0.25) is 0 Å². The summed E-state index contributed by atoms with van der Waals surface area (Å²) in [5.74, 6) is 0.768. The third-order valence-corrected chi connectivity index (χ3v) is 5.54. The topological polar surface area (TPSA) is 82.5 Å². The largest absolute Gasteiger partial charge is 0.487 e. The molecular weight excluding hydrogens is 376 g/mol. The van der Waals surface area contributed by atoms with Crippen LogP contribution < -0.4 is 19.2 Å². The summed E-state index contributed by atoms with van der Waals surface area (Å²) in [5.41, 5.74) is 7.85. The maximum absolute atomic E-state index is 12.6. The fraction of sp³-hybridized carbons (Fsp3) is 0.190. The Bertz CT molecular complexity index is 1060. The summed E-state index contributed by atoms with van der Waals surface area (Å²) in [6.07, 6.45) is 3.75. The molecule has 0 fully saturated rings. The number of benzene rings is 2. The van der Waals surface area contributed by atoms with E-state index in [1.807, 2.05) is 42.1 Å². The molecule has 0 saturated carbocycles. The number of anilines is 1. The van der Waals surface area contributed by atoms with Crippen molar-refractivity contribution in [3.8, 4) is 11.5 Å². The molecule has 2 aromatic carbocycles. The molecule has 2 N–H and O–H groups in total. The number of hydrogen-bond donors (Lipinski definition) is 1. The minimum Gasteiger partial charge on any atom is -0.487 e. The first kappa shape index (κ1) is 19.7. The molecule has 0 atom stereocenters. The molecular formula is C21H23N2O4S+. The maximum Gasteiger partial charge on any atom is 0.339 e. The summed E-state index contributed by atoms with van der Waals surface area (Å²) in [7, 11) is -3.92. The van der Waals surface area contributed by atoms with Gasteiger partial charge in [-0.15, -0.1) is 0 Å². The lowest BCUT2D eigenvalue weighted by atomic mass is 10.2. The van der Waals surface area contributed by atoms with E-state index in [1.165, 1.54) is 6.07 Å². The lowest BCUT2D eigenvalue weighted by molar-refractivity contribution is -0.697. The van der Waals surface area contributed by atoms with E-state index in [0.717, 1.165) is 5.56 Å². The molecule has 0 amide bonds. The Morgan fingerprint density at radius 2 is 1.64 bits per heavy atom. The first-order valence-electron chi connectivity index (χ1n) is 8.83. The van der Waals surface area contributed by atoms with E-state index in [1.54, 1.807) is 37.3 Å². The van der Waals surface area contributed by atoms with Gasteiger partial charge in [0.1, 0.15) is 23.0 Å². The third-order valence-electron chi connectivity index (χ3n) is 4.13. The van der Waals surface area contributed by atoms with Crippen LogP contribution in [0.4, 0.5) is 5.69 Å². The maximum atomic E-state index is 12.6. The van der Waals surface area contributed by atoms with Gasteiger partial charge >= 0.3 is 10.1 Å². The number of aromatic nitrogens is 1. The van der Waals surface area contributed by atoms with Gasteiger partial charge < -0.3 is 14.7 Å². The van der Waals surface area contributed by atoms with Gasteiger partial charge in [-0.1, -0.05) is 18.2 Å². The average molecular weight is 399 g/mol. The monoisotopic (exact) mass is 399 g/mol. The van der Waals surface area contributed by atoms with Crippen LogP contribution in [-0.4, -0.2) is 15.0 Å². The lowest BCUT2D eigenvalue weighted by Crippen LogP contribution is -2.35. The van der Waals surface area contributed by atoms with Crippen LogP contribution in [0.2, 0.25) is 0 Å². The highest BCUT2D eigenvalue weighted by atomic mass is 32.2. The van der Waals surface area contributed by atoms with Crippen LogP contribution >= 0.6 is 0 Å². The first-order valence-corrected chi connectivity index (χ1v) is 10.2. The number of ether oxygens (including phenoxy) is 1. The zero-order chi connectivity index (χ0) is 20.1. The molecule has 0 aliphatic heterocycles. The van der Waals surface area contributed by atoms with Crippen LogP contribution in [-0.2, 0) is 16.7 Å². The molecule has 1 heterocycles. The van der Waals surface area contributed by atoms with Crippen molar-refractivity contribution < 1.29 is 21.9 Å². The second-order valence-electron chi connectivity index (χ2n) is 6.50. The Kier molecular flexibility index (Phi) is 5.84. The Morgan fingerprint density at radius 1 is 0.964 bits per heavy atom. The van der Waals surface area contributed by atoms with E-state index < -0.39 is 10.1 Å². The lowest BCUT2D eigenvalue weighted by Gasteiger charge is -2.12. The fourth-order valence-corrected chi connectivity index (χ4v) is 3.89. The molecule has 6 nitrogen and oxygen atoms in total. The van der Waals surface area contributed by atoms with Crippen molar-refractivity contribution in [3.63, 3.8) is 0 Å². The van der Waals surface area contributed by atoms with Gasteiger partial charge in [-0.2, -0.15) is 8.42 Å². The predicted molar refractivity (Wildman–Crippen MR) is 107 cm³/mol.